The van der Waals surface area contributed by atoms with Crippen LogP contribution in [0, 0.1) is 6.92 Å². The van der Waals surface area contributed by atoms with E-state index in [1.807, 2.05) is 6.20 Å². The number of aryl methyl sites for hydroxylation is 1. The zero-order chi connectivity index (χ0) is 16.9. The number of carbonyl (C=O) groups excluding carboxylic acids is 1. The molecule has 0 spiro atoms. The molecule has 2 amide bonds. The van der Waals surface area contributed by atoms with Crippen molar-refractivity contribution >= 4 is 29.1 Å². The van der Waals surface area contributed by atoms with Crippen molar-refractivity contribution in [2.24, 2.45) is 0 Å². The van der Waals surface area contributed by atoms with Crippen molar-refractivity contribution < 1.29 is 4.79 Å². The van der Waals surface area contributed by atoms with E-state index in [2.05, 4.69) is 46.9 Å². The summed E-state index contributed by atoms with van der Waals surface area (Å²) < 4.78 is 1.78. The van der Waals surface area contributed by atoms with Gasteiger partial charge in [0.1, 0.15) is 0 Å². The topological polar surface area (TPSA) is 59.0 Å². The Hall–Kier alpha value is -2.79. The van der Waals surface area contributed by atoms with Crippen LogP contribution in [-0.2, 0) is 6.54 Å². The minimum atomic E-state index is -0.363. The van der Waals surface area contributed by atoms with Crippen LogP contribution < -0.4 is 10.6 Å². The molecule has 3 aromatic rings. The maximum atomic E-state index is 12.0. The Kier molecular flexibility index (Phi) is 4.82. The fourth-order valence-electron chi connectivity index (χ4n) is 2.24. The lowest BCUT2D eigenvalue weighted by Crippen LogP contribution is -2.19. The molecule has 0 unspecified atom stereocenters. The Morgan fingerprint density at radius 1 is 1.12 bits per heavy atom. The Morgan fingerprint density at radius 3 is 2.67 bits per heavy atom. The monoisotopic (exact) mass is 340 g/mol. The molecule has 0 aliphatic rings. The SMILES string of the molecule is Cc1ccc(Cn2ccc(NC(=O)Nc3cccc(Cl)c3)n2)cc1. The molecule has 5 nitrogen and oxygen atoms in total. The van der Waals surface area contributed by atoms with Gasteiger partial charge >= 0.3 is 6.03 Å². The fourth-order valence-corrected chi connectivity index (χ4v) is 2.43. The smallest absolute Gasteiger partial charge is 0.308 e. The molecule has 0 aliphatic carbocycles. The van der Waals surface area contributed by atoms with Crippen molar-refractivity contribution in [2.45, 2.75) is 13.5 Å². The van der Waals surface area contributed by atoms with E-state index < -0.39 is 0 Å². The van der Waals surface area contributed by atoms with E-state index in [-0.39, 0.29) is 6.03 Å². The number of anilines is 2. The highest BCUT2D eigenvalue weighted by Crippen LogP contribution is 2.15. The zero-order valence-electron chi connectivity index (χ0n) is 13.2. The lowest BCUT2D eigenvalue weighted by atomic mass is 10.1. The van der Waals surface area contributed by atoms with Crippen molar-refractivity contribution in [2.75, 3.05) is 10.6 Å². The van der Waals surface area contributed by atoms with Gasteiger partial charge in [0.05, 0.1) is 6.54 Å². The average molecular weight is 341 g/mol. The average Bonchev–Trinajstić information content (AvgIpc) is 2.96. The molecule has 1 aromatic heterocycles. The zero-order valence-corrected chi connectivity index (χ0v) is 13.9. The van der Waals surface area contributed by atoms with E-state index >= 15 is 0 Å². The molecule has 1 heterocycles. The largest absolute Gasteiger partial charge is 0.324 e. The highest BCUT2D eigenvalue weighted by atomic mass is 35.5. The van der Waals surface area contributed by atoms with E-state index in [1.165, 1.54) is 5.56 Å². The fraction of sp³-hybridized carbons (Fsp3) is 0.111. The maximum absolute atomic E-state index is 12.0. The van der Waals surface area contributed by atoms with Gasteiger partial charge in [0.2, 0.25) is 0 Å². The first-order valence-corrected chi connectivity index (χ1v) is 7.89. The van der Waals surface area contributed by atoms with Crippen LogP contribution in [0.25, 0.3) is 0 Å². The third-order valence-corrected chi connectivity index (χ3v) is 3.67. The normalized spacial score (nSPS) is 10.4. The predicted octanol–water partition coefficient (Wildman–Crippen LogP) is 4.54. The molecular formula is C18H17ClN4O. The predicted molar refractivity (Wildman–Crippen MR) is 96.6 cm³/mol. The summed E-state index contributed by atoms with van der Waals surface area (Å²) in [6, 6.07) is 16.6. The number of urea groups is 1. The first-order chi connectivity index (χ1) is 11.6. The summed E-state index contributed by atoms with van der Waals surface area (Å²) in [5.41, 5.74) is 3.00. The van der Waals surface area contributed by atoms with E-state index in [9.17, 15) is 4.79 Å². The van der Waals surface area contributed by atoms with Crippen molar-refractivity contribution in [3.05, 3.63) is 76.9 Å². The van der Waals surface area contributed by atoms with E-state index in [1.54, 1.807) is 35.0 Å². The van der Waals surface area contributed by atoms with Crippen LogP contribution in [0.4, 0.5) is 16.3 Å². The molecule has 0 saturated carbocycles. The lowest BCUT2D eigenvalue weighted by molar-refractivity contribution is 0.262. The third kappa shape index (κ3) is 4.36. The Balaban J connectivity index is 1.59. The van der Waals surface area contributed by atoms with Gasteiger partial charge in [0.25, 0.3) is 0 Å². The van der Waals surface area contributed by atoms with Gasteiger partial charge in [-0.05, 0) is 30.7 Å². The molecule has 0 saturated heterocycles. The van der Waals surface area contributed by atoms with Crippen LogP contribution in [0.5, 0.6) is 0 Å². The second-order valence-electron chi connectivity index (χ2n) is 5.47. The number of halogens is 1. The number of rotatable bonds is 4. The number of hydrogen-bond acceptors (Lipinski definition) is 2. The first kappa shape index (κ1) is 16.1. The Morgan fingerprint density at radius 2 is 1.92 bits per heavy atom. The summed E-state index contributed by atoms with van der Waals surface area (Å²) in [4.78, 5) is 12.0. The molecule has 0 atom stereocenters. The van der Waals surface area contributed by atoms with Gasteiger partial charge < -0.3 is 5.32 Å². The lowest BCUT2D eigenvalue weighted by Gasteiger charge is -2.06. The van der Waals surface area contributed by atoms with Crippen LogP contribution >= 0.6 is 11.6 Å². The van der Waals surface area contributed by atoms with Crippen LogP contribution in [-0.4, -0.2) is 15.8 Å². The maximum Gasteiger partial charge on any atom is 0.324 e. The number of hydrogen-bond donors (Lipinski definition) is 2. The number of benzene rings is 2. The van der Waals surface area contributed by atoms with Crippen molar-refractivity contribution in [3.63, 3.8) is 0 Å². The molecule has 24 heavy (non-hydrogen) atoms. The van der Waals surface area contributed by atoms with Crippen LogP contribution in [0.3, 0.4) is 0 Å². The van der Waals surface area contributed by atoms with Gasteiger partial charge in [-0.1, -0.05) is 47.5 Å². The standard InChI is InChI=1S/C18H17ClN4O/c1-13-5-7-14(8-6-13)12-23-10-9-17(22-23)21-18(24)20-16-4-2-3-15(19)11-16/h2-11H,12H2,1H3,(H2,20,21,22,24). The van der Waals surface area contributed by atoms with Crippen LogP contribution in [0.1, 0.15) is 11.1 Å². The summed E-state index contributed by atoms with van der Waals surface area (Å²) in [5.74, 6) is 0.488. The van der Waals surface area contributed by atoms with E-state index in [0.29, 0.717) is 23.1 Å². The quantitative estimate of drug-likeness (QED) is 0.732. The summed E-state index contributed by atoms with van der Waals surface area (Å²) in [6.07, 6.45) is 1.83. The van der Waals surface area contributed by atoms with Crippen molar-refractivity contribution in [3.8, 4) is 0 Å². The van der Waals surface area contributed by atoms with E-state index in [4.69, 9.17) is 11.6 Å². The summed E-state index contributed by atoms with van der Waals surface area (Å²) in [5, 5.41) is 10.3. The third-order valence-electron chi connectivity index (χ3n) is 3.43. The highest BCUT2D eigenvalue weighted by Gasteiger charge is 2.06. The van der Waals surface area contributed by atoms with Gasteiger partial charge in [-0.3, -0.25) is 10.00 Å². The molecule has 0 aliphatic heterocycles. The molecule has 2 aromatic carbocycles. The minimum absolute atomic E-state index is 0.363. The number of aromatic nitrogens is 2. The van der Waals surface area contributed by atoms with Crippen molar-refractivity contribution in [1.82, 2.24) is 9.78 Å². The minimum Gasteiger partial charge on any atom is -0.308 e. The Labute approximate surface area is 145 Å². The van der Waals surface area contributed by atoms with Gasteiger partial charge in [-0.2, -0.15) is 5.10 Å². The van der Waals surface area contributed by atoms with Crippen molar-refractivity contribution in [1.29, 1.82) is 0 Å². The molecule has 2 N–H and O–H groups in total. The van der Waals surface area contributed by atoms with Crippen LogP contribution in [0.15, 0.2) is 60.8 Å². The number of nitrogens with zero attached hydrogens (tertiary/aromatic N) is 2. The van der Waals surface area contributed by atoms with Crippen LogP contribution in [0.2, 0.25) is 5.02 Å². The summed E-state index contributed by atoms with van der Waals surface area (Å²) in [7, 11) is 0. The second kappa shape index (κ2) is 7.19. The molecule has 6 heteroatoms. The van der Waals surface area contributed by atoms with Gasteiger partial charge in [0.15, 0.2) is 5.82 Å². The second-order valence-corrected chi connectivity index (χ2v) is 5.91. The highest BCUT2D eigenvalue weighted by molar-refractivity contribution is 6.30. The number of carbonyl (C=O) groups is 1. The first-order valence-electron chi connectivity index (χ1n) is 7.51. The summed E-state index contributed by atoms with van der Waals surface area (Å²) in [6.45, 7) is 2.70. The van der Waals surface area contributed by atoms with Gasteiger partial charge in [-0.15, -0.1) is 0 Å². The molecule has 0 radical (unpaired) electrons. The molecule has 0 bridgehead atoms. The van der Waals surface area contributed by atoms with Gasteiger partial charge in [-0.25, -0.2) is 4.79 Å². The molecule has 0 fully saturated rings. The molecule has 3 rings (SSSR count). The molecule has 122 valence electrons. The van der Waals surface area contributed by atoms with E-state index in [0.717, 1.165) is 5.56 Å². The molecular weight excluding hydrogens is 324 g/mol. The number of amides is 2. The Bertz CT molecular complexity index is 842. The van der Waals surface area contributed by atoms with Gasteiger partial charge in [0, 0.05) is 23.0 Å². The summed E-state index contributed by atoms with van der Waals surface area (Å²) >= 11 is 5.89. The number of nitrogens with one attached hydrogen (secondary N) is 2.